The number of nitrogens with zero attached hydrogens (tertiary/aromatic N) is 2. The molecule has 2 aromatic carbocycles. The predicted molar refractivity (Wildman–Crippen MR) is 113 cm³/mol. The van der Waals surface area contributed by atoms with Crippen LogP contribution >= 0.6 is 0 Å². The molecule has 29 heavy (non-hydrogen) atoms. The molecular weight excluding hydrogens is 390 g/mol. The largest absolute Gasteiger partial charge is 0.351 e. The van der Waals surface area contributed by atoms with Crippen LogP contribution in [-0.2, 0) is 9.84 Å². The van der Waals surface area contributed by atoms with Crippen LogP contribution < -0.4 is 10.6 Å². The fourth-order valence-corrected chi connectivity index (χ4v) is 3.55. The predicted octanol–water partition coefficient (Wildman–Crippen LogP) is 2.63. The molecule has 0 atom stereocenters. The van der Waals surface area contributed by atoms with Crippen molar-refractivity contribution in [3.05, 3.63) is 60.3 Å². The van der Waals surface area contributed by atoms with Crippen LogP contribution in [0.1, 0.15) is 10.4 Å². The van der Waals surface area contributed by atoms with E-state index in [1.165, 1.54) is 0 Å². The second-order valence-electron chi connectivity index (χ2n) is 6.72. The lowest BCUT2D eigenvalue weighted by molar-refractivity contribution is 0.0958. The first-order valence-electron chi connectivity index (χ1n) is 8.95. The van der Waals surface area contributed by atoms with Crippen LogP contribution in [0.25, 0.3) is 21.8 Å². The number of rotatable bonds is 6. The molecule has 0 fully saturated rings. The van der Waals surface area contributed by atoms with Gasteiger partial charge in [0, 0.05) is 30.2 Å². The average Bonchev–Trinajstić information content (AvgIpc) is 3.09. The van der Waals surface area contributed by atoms with Crippen molar-refractivity contribution in [2.45, 2.75) is 0 Å². The summed E-state index contributed by atoms with van der Waals surface area (Å²) in [6, 6.07) is 14.8. The number of hydrogen-bond donors (Lipinski definition) is 3. The van der Waals surface area contributed by atoms with Gasteiger partial charge in [0.05, 0.1) is 11.3 Å². The summed E-state index contributed by atoms with van der Waals surface area (Å²) in [6.07, 6.45) is 2.85. The van der Waals surface area contributed by atoms with E-state index in [1.54, 1.807) is 18.3 Å². The molecule has 1 amide bonds. The molecule has 0 spiro atoms. The molecule has 0 aliphatic rings. The maximum absolute atomic E-state index is 12.5. The van der Waals surface area contributed by atoms with E-state index in [-0.39, 0.29) is 18.2 Å². The van der Waals surface area contributed by atoms with Gasteiger partial charge in [0.25, 0.3) is 5.91 Å². The highest BCUT2D eigenvalue weighted by Crippen LogP contribution is 2.26. The first-order valence-corrected chi connectivity index (χ1v) is 11.0. The fourth-order valence-electron chi connectivity index (χ4n) is 3.08. The summed E-state index contributed by atoms with van der Waals surface area (Å²) < 4.78 is 22.5. The van der Waals surface area contributed by atoms with E-state index in [2.05, 4.69) is 25.8 Å². The van der Waals surface area contributed by atoms with E-state index >= 15 is 0 Å². The zero-order chi connectivity index (χ0) is 20.4. The molecule has 0 bridgehead atoms. The number of benzene rings is 2. The molecule has 0 saturated heterocycles. The van der Waals surface area contributed by atoms with Gasteiger partial charge in [0.1, 0.15) is 15.4 Å². The summed E-state index contributed by atoms with van der Waals surface area (Å²) in [6.45, 7) is 0.0763. The van der Waals surface area contributed by atoms with Gasteiger partial charge in [-0.1, -0.05) is 18.2 Å². The summed E-state index contributed by atoms with van der Waals surface area (Å²) >= 11 is 0. The zero-order valence-corrected chi connectivity index (χ0v) is 16.5. The number of pyridine rings is 1. The van der Waals surface area contributed by atoms with Crippen molar-refractivity contribution in [1.82, 2.24) is 20.5 Å². The molecule has 8 nitrogen and oxygen atoms in total. The zero-order valence-electron chi connectivity index (χ0n) is 15.6. The van der Waals surface area contributed by atoms with E-state index in [0.29, 0.717) is 11.4 Å². The Hall–Kier alpha value is -3.46. The Labute approximate surface area is 167 Å². The Morgan fingerprint density at radius 3 is 2.83 bits per heavy atom. The van der Waals surface area contributed by atoms with Crippen LogP contribution in [0.2, 0.25) is 0 Å². The first-order chi connectivity index (χ1) is 13.9. The molecule has 0 saturated carbocycles. The molecular formula is C20H19N5O3S. The van der Waals surface area contributed by atoms with Gasteiger partial charge >= 0.3 is 0 Å². The minimum absolute atomic E-state index is 0.0763. The number of fused-ring (bicyclic) bond motifs is 2. The Morgan fingerprint density at radius 2 is 2.00 bits per heavy atom. The smallest absolute Gasteiger partial charge is 0.251 e. The average molecular weight is 409 g/mol. The van der Waals surface area contributed by atoms with Crippen LogP contribution in [0, 0.1) is 0 Å². The lowest BCUT2D eigenvalue weighted by atomic mass is 10.0. The molecule has 9 heteroatoms. The third-order valence-electron chi connectivity index (χ3n) is 4.47. The van der Waals surface area contributed by atoms with Gasteiger partial charge in [-0.3, -0.25) is 14.9 Å². The number of amides is 1. The van der Waals surface area contributed by atoms with Gasteiger partial charge in [-0.25, -0.2) is 8.42 Å². The molecule has 3 N–H and O–H groups in total. The highest BCUT2D eigenvalue weighted by atomic mass is 32.2. The Kier molecular flexibility index (Phi) is 4.89. The van der Waals surface area contributed by atoms with E-state index in [9.17, 15) is 13.2 Å². The minimum Gasteiger partial charge on any atom is -0.351 e. The van der Waals surface area contributed by atoms with E-state index in [1.807, 2.05) is 36.4 Å². The van der Waals surface area contributed by atoms with Crippen LogP contribution in [0.5, 0.6) is 0 Å². The molecule has 0 unspecified atom stereocenters. The first kappa shape index (κ1) is 18.9. The molecule has 0 aliphatic carbocycles. The minimum atomic E-state index is -3.13. The molecule has 0 aliphatic heterocycles. The molecule has 2 heterocycles. The summed E-state index contributed by atoms with van der Waals surface area (Å²) in [4.78, 5) is 16.8. The third kappa shape index (κ3) is 4.19. The maximum Gasteiger partial charge on any atom is 0.251 e. The Bertz CT molecular complexity index is 1310. The monoisotopic (exact) mass is 409 g/mol. The van der Waals surface area contributed by atoms with Crippen molar-refractivity contribution < 1.29 is 13.2 Å². The number of sulfone groups is 1. The van der Waals surface area contributed by atoms with Crippen LogP contribution in [0.15, 0.2) is 54.7 Å². The summed E-state index contributed by atoms with van der Waals surface area (Å²) in [5.74, 6) is 0.223. The number of H-pyrrole nitrogens is 1. The van der Waals surface area contributed by atoms with Crippen molar-refractivity contribution >= 4 is 49.1 Å². The van der Waals surface area contributed by atoms with E-state index < -0.39 is 9.84 Å². The highest BCUT2D eigenvalue weighted by molar-refractivity contribution is 7.90. The second-order valence-corrected chi connectivity index (χ2v) is 8.98. The van der Waals surface area contributed by atoms with Crippen molar-refractivity contribution in [1.29, 1.82) is 0 Å². The van der Waals surface area contributed by atoms with Crippen molar-refractivity contribution in [3.63, 3.8) is 0 Å². The molecule has 4 aromatic rings. The van der Waals surface area contributed by atoms with Crippen LogP contribution in [0.3, 0.4) is 0 Å². The second kappa shape index (κ2) is 7.51. The number of carbonyl (C=O) groups excluding carboxylic acids is 1. The molecule has 148 valence electrons. The Morgan fingerprint density at radius 1 is 1.14 bits per heavy atom. The van der Waals surface area contributed by atoms with Crippen molar-refractivity contribution in [2.24, 2.45) is 0 Å². The van der Waals surface area contributed by atoms with Gasteiger partial charge in [-0.2, -0.15) is 5.10 Å². The lowest BCUT2D eigenvalue weighted by Crippen LogP contribution is -2.28. The topological polar surface area (TPSA) is 117 Å². The molecule has 0 radical (unpaired) electrons. The van der Waals surface area contributed by atoms with Gasteiger partial charge in [-0.15, -0.1) is 0 Å². The highest BCUT2D eigenvalue weighted by Gasteiger charge is 2.12. The van der Waals surface area contributed by atoms with Gasteiger partial charge in [0.15, 0.2) is 5.82 Å². The molecule has 2 aromatic heterocycles. The number of aromatic amines is 1. The maximum atomic E-state index is 12.5. The fraction of sp³-hybridized carbons (Fsp3) is 0.150. The van der Waals surface area contributed by atoms with E-state index in [0.717, 1.165) is 33.7 Å². The number of nitrogens with one attached hydrogen (secondary N) is 3. The number of carbonyl (C=O) groups is 1. The summed E-state index contributed by atoms with van der Waals surface area (Å²) in [5, 5.41) is 14.7. The summed E-state index contributed by atoms with van der Waals surface area (Å²) in [7, 11) is -3.13. The normalized spacial score (nSPS) is 11.6. The van der Waals surface area contributed by atoms with Crippen molar-refractivity contribution in [3.8, 4) is 0 Å². The number of aromatic nitrogens is 3. The van der Waals surface area contributed by atoms with E-state index in [4.69, 9.17) is 0 Å². The van der Waals surface area contributed by atoms with Crippen LogP contribution in [-0.4, -0.2) is 48.1 Å². The number of anilines is 2. The van der Waals surface area contributed by atoms with Gasteiger partial charge in [-0.05, 0) is 41.1 Å². The summed E-state index contributed by atoms with van der Waals surface area (Å²) in [5.41, 5.74) is 2.89. The quantitative estimate of drug-likeness (QED) is 0.451. The van der Waals surface area contributed by atoms with Crippen molar-refractivity contribution in [2.75, 3.05) is 23.9 Å². The van der Waals surface area contributed by atoms with Gasteiger partial charge in [0.2, 0.25) is 0 Å². The molecule has 4 rings (SSSR count). The SMILES string of the molecule is CS(=O)(=O)CCNC(=O)c1cccc2cc(Nc3n[nH]c4cccnc34)ccc12. The number of hydrogen-bond acceptors (Lipinski definition) is 6. The third-order valence-corrected chi connectivity index (χ3v) is 5.41. The Balaban J connectivity index is 1.58. The van der Waals surface area contributed by atoms with Gasteiger partial charge < -0.3 is 10.6 Å². The lowest BCUT2D eigenvalue weighted by Gasteiger charge is -2.10. The standard InChI is InChI=1S/C20H19N5O3S/c1-29(27,28)11-10-22-20(26)16-5-2-4-13-12-14(7-8-15(13)16)23-19-18-17(24-25-19)6-3-9-21-18/h2-9,12H,10-11H2,1H3,(H,22,26)(H2,23,24,25). The van der Waals surface area contributed by atoms with Crippen LogP contribution in [0.4, 0.5) is 11.5 Å².